The Balaban J connectivity index is 0.00000225. The molecular formula is C11H16BrCl2NO. The van der Waals surface area contributed by atoms with E-state index in [4.69, 9.17) is 17.3 Å². The van der Waals surface area contributed by atoms with Gasteiger partial charge in [-0.05, 0) is 40.4 Å². The molecule has 1 aromatic carbocycles. The number of hydrogen-bond donors (Lipinski definition) is 2. The zero-order valence-electron chi connectivity index (χ0n) is 9.21. The van der Waals surface area contributed by atoms with Crippen molar-refractivity contribution >= 4 is 39.9 Å². The van der Waals surface area contributed by atoms with Crippen LogP contribution in [-0.4, -0.2) is 5.11 Å². The number of halogens is 3. The largest absolute Gasteiger partial charge is 0.506 e. The standard InChI is InChI=1S/C11H15BrClNO.ClH/c1-6(2)3-10(14)8-4-7(13)5-9(12)11(8)15;/h4-6,10,15H,3,14H2,1-2H3;1H/t10-;/m1./s1. The van der Waals surface area contributed by atoms with E-state index in [-0.39, 0.29) is 24.2 Å². The highest BCUT2D eigenvalue weighted by molar-refractivity contribution is 9.10. The Kier molecular flexibility index (Phi) is 6.71. The van der Waals surface area contributed by atoms with Gasteiger partial charge in [-0.25, -0.2) is 0 Å². The Hall–Kier alpha value is 0.0400. The molecule has 1 rings (SSSR count). The molecule has 0 bridgehead atoms. The Morgan fingerprint density at radius 2 is 2.00 bits per heavy atom. The van der Waals surface area contributed by atoms with E-state index < -0.39 is 0 Å². The first kappa shape index (κ1) is 16.0. The van der Waals surface area contributed by atoms with Crippen molar-refractivity contribution in [2.24, 2.45) is 11.7 Å². The van der Waals surface area contributed by atoms with Gasteiger partial charge in [-0.3, -0.25) is 0 Å². The lowest BCUT2D eigenvalue weighted by atomic mass is 9.97. The predicted molar refractivity (Wildman–Crippen MR) is 74.4 cm³/mol. The number of nitrogens with two attached hydrogens (primary N) is 1. The van der Waals surface area contributed by atoms with E-state index in [0.717, 1.165) is 6.42 Å². The molecule has 0 heterocycles. The van der Waals surface area contributed by atoms with Gasteiger partial charge in [0.25, 0.3) is 0 Å². The zero-order valence-corrected chi connectivity index (χ0v) is 12.4. The van der Waals surface area contributed by atoms with Crippen LogP contribution in [0.2, 0.25) is 5.02 Å². The Morgan fingerprint density at radius 1 is 1.44 bits per heavy atom. The second kappa shape index (κ2) is 6.70. The van der Waals surface area contributed by atoms with Crippen LogP contribution in [0.3, 0.4) is 0 Å². The summed E-state index contributed by atoms with van der Waals surface area (Å²) in [4.78, 5) is 0. The van der Waals surface area contributed by atoms with Crippen LogP contribution in [0.15, 0.2) is 16.6 Å². The Bertz CT molecular complexity index is 358. The molecule has 0 amide bonds. The quantitative estimate of drug-likeness (QED) is 0.870. The average Bonchev–Trinajstić information content (AvgIpc) is 2.09. The van der Waals surface area contributed by atoms with Crippen LogP contribution in [0.4, 0.5) is 0 Å². The van der Waals surface area contributed by atoms with Crippen molar-refractivity contribution in [2.45, 2.75) is 26.3 Å². The summed E-state index contributed by atoms with van der Waals surface area (Å²) in [5.74, 6) is 0.671. The monoisotopic (exact) mass is 327 g/mol. The van der Waals surface area contributed by atoms with Crippen LogP contribution in [0, 0.1) is 5.92 Å². The smallest absolute Gasteiger partial charge is 0.134 e. The Labute approximate surface area is 116 Å². The molecule has 0 spiro atoms. The number of benzene rings is 1. The maximum absolute atomic E-state index is 9.82. The molecule has 0 aliphatic carbocycles. The first-order valence-electron chi connectivity index (χ1n) is 4.85. The van der Waals surface area contributed by atoms with E-state index in [2.05, 4.69) is 29.8 Å². The van der Waals surface area contributed by atoms with Crippen molar-refractivity contribution in [3.05, 3.63) is 27.2 Å². The van der Waals surface area contributed by atoms with Crippen LogP contribution >= 0.6 is 39.9 Å². The molecule has 0 fully saturated rings. The number of hydrogen-bond acceptors (Lipinski definition) is 2. The first-order chi connectivity index (χ1) is 6.91. The van der Waals surface area contributed by atoms with E-state index in [0.29, 0.717) is 21.0 Å². The summed E-state index contributed by atoms with van der Waals surface area (Å²) in [7, 11) is 0. The topological polar surface area (TPSA) is 46.2 Å². The van der Waals surface area contributed by atoms with Gasteiger partial charge in [-0.1, -0.05) is 25.4 Å². The summed E-state index contributed by atoms with van der Waals surface area (Å²) < 4.78 is 0.587. The van der Waals surface area contributed by atoms with Gasteiger partial charge in [-0.2, -0.15) is 0 Å². The molecule has 1 aromatic rings. The van der Waals surface area contributed by atoms with E-state index in [1.165, 1.54) is 0 Å². The van der Waals surface area contributed by atoms with Crippen molar-refractivity contribution < 1.29 is 5.11 Å². The molecule has 5 heteroatoms. The van der Waals surface area contributed by atoms with Gasteiger partial charge in [0.15, 0.2) is 0 Å². The molecular weight excluding hydrogens is 313 g/mol. The van der Waals surface area contributed by atoms with E-state index in [1.54, 1.807) is 12.1 Å². The fraction of sp³-hybridized carbons (Fsp3) is 0.455. The van der Waals surface area contributed by atoms with Gasteiger partial charge in [-0.15, -0.1) is 12.4 Å². The SMILES string of the molecule is CC(C)C[C@@H](N)c1cc(Cl)cc(Br)c1O.Cl. The van der Waals surface area contributed by atoms with E-state index in [1.807, 2.05) is 0 Å². The third-order valence-corrected chi connectivity index (χ3v) is 3.01. The van der Waals surface area contributed by atoms with Gasteiger partial charge in [0.05, 0.1) is 4.47 Å². The Morgan fingerprint density at radius 3 is 2.50 bits per heavy atom. The molecule has 1 atom stereocenters. The van der Waals surface area contributed by atoms with Crippen molar-refractivity contribution in [3.8, 4) is 5.75 Å². The number of phenols is 1. The lowest BCUT2D eigenvalue weighted by Gasteiger charge is -2.16. The fourth-order valence-corrected chi connectivity index (χ4v) is 2.34. The van der Waals surface area contributed by atoms with Gasteiger partial charge < -0.3 is 10.8 Å². The van der Waals surface area contributed by atoms with E-state index in [9.17, 15) is 5.11 Å². The summed E-state index contributed by atoms with van der Waals surface area (Å²) in [6, 6.07) is 3.19. The molecule has 0 aliphatic rings. The van der Waals surface area contributed by atoms with Crippen LogP contribution in [0.25, 0.3) is 0 Å². The third-order valence-electron chi connectivity index (χ3n) is 2.18. The first-order valence-corrected chi connectivity index (χ1v) is 6.02. The molecule has 92 valence electrons. The molecule has 0 saturated heterocycles. The molecule has 0 aliphatic heterocycles. The minimum atomic E-state index is -0.181. The van der Waals surface area contributed by atoms with Crippen molar-refractivity contribution in [1.82, 2.24) is 0 Å². The summed E-state index contributed by atoms with van der Waals surface area (Å²) in [6.07, 6.45) is 0.820. The van der Waals surface area contributed by atoms with Crippen molar-refractivity contribution in [2.75, 3.05) is 0 Å². The molecule has 0 radical (unpaired) electrons. The highest BCUT2D eigenvalue weighted by Crippen LogP contribution is 2.36. The summed E-state index contributed by atoms with van der Waals surface area (Å²) in [6.45, 7) is 4.19. The third kappa shape index (κ3) is 4.13. The maximum Gasteiger partial charge on any atom is 0.134 e. The van der Waals surface area contributed by atoms with Gasteiger partial charge >= 0.3 is 0 Å². The summed E-state index contributed by atoms with van der Waals surface area (Å²) in [5.41, 5.74) is 6.69. The van der Waals surface area contributed by atoms with Crippen molar-refractivity contribution in [1.29, 1.82) is 0 Å². The van der Waals surface area contributed by atoms with Gasteiger partial charge in [0.2, 0.25) is 0 Å². The van der Waals surface area contributed by atoms with Crippen LogP contribution in [-0.2, 0) is 0 Å². The lowest BCUT2D eigenvalue weighted by molar-refractivity contribution is 0.442. The van der Waals surface area contributed by atoms with Crippen LogP contribution in [0.5, 0.6) is 5.75 Å². The molecule has 2 nitrogen and oxygen atoms in total. The highest BCUT2D eigenvalue weighted by atomic mass is 79.9. The maximum atomic E-state index is 9.82. The molecule has 0 saturated carbocycles. The van der Waals surface area contributed by atoms with Crippen molar-refractivity contribution in [3.63, 3.8) is 0 Å². The molecule has 0 unspecified atom stereocenters. The lowest BCUT2D eigenvalue weighted by Crippen LogP contribution is -2.13. The van der Waals surface area contributed by atoms with E-state index >= 15 is 0 Å². The van der Waals surface area contributed by atoms with Crippen LogP contribution < -0.4 is 5.73 Å². The fourth-order valence-electron chi connectivity index (χ4n) is 1.50. The summed E-state index contributed by atoms with van der Waals surface area (Å²) in [5, 5.41) is 10.4. The average molecular weight is 329 g/mol. The van der Waals surface area contributed by atoms with Gasteiger partial charge in [0.1, 0.15) is 5.75 Å². The molecule has 3 N–H and O–H groups in total. The highest BCUT2D eigenvalue weighted by Gasteiger charge is 2.15. The normalized spacial score (nSPS) is 12.4. The minimum Gasteiger partial charge on any atom is -0.506 e. The second-order valence-corrected chi connectivity index (χ2v) is 5.35. The summed E-state index contributed by atoms with van der Waals surface area (Å²) >= 11 is 9.15. The minimum absolute atomic E-state index is 0. The number of rotatable bonds is 3. The zero-order chi connectivity index (χ0) is 11.6. The second-order valence-electron chi connectivity index (χ2n) is 4.06. The number of aromatic hydroxyl groups is 1. The number of phenolic OH excluding ortho intramolecular Hbond substituents is 1. The van der Waals surface area contributed by atoms with Gasteiger partial charge in [0, 0.05) is 16.6 Å². The predicted octanol–water partition coefficient (Wildman–Crippen LogP) is 4.28. The molecule has 0 aromatic heterocycles. The molecule has 16 heavy (non-hydrogen) atoms. The van der Waals surface area contributed by atoms with Crippen LogP contribution in [0.1, 0.15) is 31.9 Å².